The predicted octanol–water partition coefficient (Wildman–Crippen LogP) is 1.85. The van der Waals surface area contributed by atoms with Gasteiger partial charge in [-0.05, 0) is 55.5 Å². The first-order chi connectivity index (χ1) is 9.16. The highest BCUT2D eigenvalue weighted by Gasteiger charge is 2.61. The monoisotopic (exact) mass is 259 g/mol. The molecule has 3 heteroatoms. The van der Waals surface area contributed by atoms with Crippen LogP contribution in [0.3, 0.4) is 0 Å². The molecular weight excluding hydrogens is 238 g/mol. The number of benzene rings is 1. The van der Waals surface area contributed by atoms with Gasteiger partial charge in [0.05, 0.1) is 5.60 Å². The number of hydrogen-bond donors (Lipinski definition) is 3. The number of rotatable bonds is 0. The Hall–Kier alpha value is -1.06. The van der Waals surface area contributed by atoms with Gasteiger partial charge in [0.15, 0.2) is 0 Å². The summed E-state index contributed by atoms with van der Waals surface area (Å²) < 4.78 is 0. The molecule has 3 atom stereocenters. The molecule has 1 aromatic rings. The Morgan fingerprint density at radius 1 is 1.16 bits per heavy atom. The molecule has 0 amide bonds. The molecule has 1 aliphatic heterocycles. The minimum Gasteiger partial charge on any atom is -0.508 e. The molecule has 1 heterocycles. The van der Waals surface area contributed by atoms with Crippen LogP contribution in [0, 0.1) is 0 Å². The molecule has 1 saturated heterocycles. The lowest BCUT2D eigenvalue weighted by atomic mass is 9.50. The molecule has 1 aromatic carbocycles. The number of piperidine rings is 1. The topological polar surface area (TPSA) is 52.5 Å². The van der Waals surface area contributed by atoms with Gasteiger partial charge in [-0.2, -0.15) is 0 Å². The lowest BCUT2D eigenvalue weighted by molar-refractivity contribution is -0.124. The zero-order valence-electron chi connectivity index (χ0n) is 11.2. The summed E-state index contributed by atoms with van der Waals surface area (Å²) in [5, 5.41) is 24.7. The maximum absolute atomic E-state index is 11.4. The quantitative estimate of drug-likeness (QED) is 0.666. The van der Waals surface area contributed by atoms with Gasteiger partial charge in [0.25, 0.3) is 0 Å². The fourth-order valence-corrected chi connectivity index (χ4v) is 4.91. The second-order valence-electron chi connectivity index (χ2n) is 6.52. The number of aliphatic hydroxyl groups is 1. The van der Waals surface area contributed by atoms with Crippen LogP contribution in [0.1, 0.15) is 43.2 Å². The highest BCUT2D eigenvalue weighted by Crippen LogP contribution is 2.56. The molecule has 19 heavy (non-hydrogen) atoms. The first kappa shape index (κ1) is 11.7. The largest absolute Gasteiger partial charge is 0.508 e. The van der Waals surface area contributed by atoms with E-state index in [1.165, 1.54) is 17.5 Å². The van der Waals surface area contributed by atoms with E-state index in [0.29, 0.717) is 5.75 Å². The maximum Gasteiger partial charge on any atom is 0.115 e. The molecule has 0 radical (unpaired) electrons. The van der Waals surface area contributed by atoms with Gasteiger partial charge in [-0.3, -0.25) is 0 Å². The van der Waals surface area contributed by atoms with E-state index in [4.69, 9.17) is 0 Å². The zero-order chi connectivity index (χ0) is 13.1. The average Bonchev–Trinajstić information content (AvgIpc) is 2.39. The summed E-state index contributed by atoms with van der Waals surface area (Å²) in [5.74, 6) is 0.332. The lowest BCUT2D eigenvalue weighted by Gasteiger charge is -2.61. The fraction of sp³-hybridized carbons (Fsp3) is 0.625. The van der Waals surface area contributed by atoms with Crippen LogP contribution >= 0.6 is 0 Å². The van der Waals surface area contributed by atoms with Crippen molar-refractivity contribution in [1.82, 2.24) is 5.32 Å². The van der Waals surface area contributed by atoms with Gasteiger partial charge in [0.2, 0.25) is 0 Å². The van der Waals surface area contributed by atoms with E-state index in [2.05, 4.69) is 5.32 Å². The van der Waals surface area contributed by atoms with E-state index in [1.807, 2.05) is 12.1 Å². The maximum atomic E-state index is 11.4. The van der Waals surface area contributed by atoms with Crippen LogP contribution in [0.2, 0.25) is 0 Å². The highest BCUT2D eigenvalue weighted by atomic mass is 16.3. The fourth-order valence-electron chi connectivity index (χ4n) is 4.91. The van der Waals surface area contributed by atoms with Crippen molar-refractivity contribution < 1.29 is 10.2 Å². The third-order valence-corrected chi connectivity index (χ3v) is 5.79. The predicted molar refractivity (Wildman–Crippen MR) is 73.3 cm³/mol. The molecule has 2 aliphatic carbocycles. The second kappa shape index (κ2) is 3.74. The van der Waals surface area contributed by atoms with Gasteiger partial charge in [-0.15, -0.1) is 0 Å². The van der Waals surface area contributed by atoms with Gasteiger partial charge in [0.1, 0.15) is 5.75 Å². The van der Waals surface area contributed by atoms with E-state index in [0.717, 1.165) is 38.6 Å². The van der Waals surface area contributed by atoms with Crippen molar-refractivity contribution in [2.45, 2.75) is 55.6 Å². The van der Waals surface area contributed by atoms with Gasteiger partial charge in [-0.1, -0.05) is 18.9 Å². The van der Waals surface area contributed by atoms with Crippen molar-refractivity contribution in [2.75, 3.05) is 6.54 Å². The minimum atomic E-state index is -0.621. The molecule has 2 fully saturated rings. The van der Waals surface area contributed by atoms with Crippen LogP contribution in [0.15, 0.2) is 18.2 Å². The van der Waals surface area contributed by atoms with Crippen molar-refractivity contribution in [1.29, 1.82) is 0 Å². The summed E-state index contributed by atoms with van der Waals surface area (Å²) in [4.78, 5) is 0. The third-order valence-electron chi connectivity index (χ3n) is 5.79. The number of aromatic hydroxyl groups is 1. The molecule has 3 aliphatic rings. The lowest BCUT2D eigenvalue weighted by Crippen LogP contribution is -2.71. The summed E-state index contributed by atoms with van der Waals surface area (Å²) in [6.07, 6.45) is 6.11. The third kappa shape index (κ3) is 1.35. The van der Waals surface area contributed by atoms with E-state index >= 15 is 0 Å². The molecule has 102 valence electrons. The average molecular weight is 259 g/mol. The Kier molecular flexibility index (Phi) is 2.31. The number of nitrogens with one attached hydrogen (secondary N) is 1. The van der Waals surface area contributed by atoms with Crippen molar-refractivity contribution in [2.24, 2.45) is 0 Å². The van der Waals surface area contributed by atoms with E-state index in [1.54, 1.807) is 6.07 Å². The SMILES string of the molecule is Oc1ccc2c(c1)C13CCCC[C@@]1(O)C(C2)NCC3. The first-order valence-electron chi connectivity index (χ1n) is 7.44. The van der Waals surface area contributed by atoms with E-state index in [-0.39, 0.29) is 11.5 Å². The molecule has 1 saturated carbocycles. The van der Waals surface area contributed by atoms with E-state index in [9.17, 15) is 10.2 Å². The Morgan fingerprint density at radius 2 is 2.00 bits per heavy atom. The van der Waals surface area contributed by atoms with E-state index < -0.39 is 5.60 Å². The summed E-state index contributed by atoms with van der Waals surface area (Å²) in [6, 6.07) is 5.91. The van der Waals surface area contributed by atoms with Crippen molar-refractivity contribution in [3.05, 3.63) is 29.3 Å². The molecule has 0 spiro atoms. The standard InChI is InChI=1S/C16H21NO2/c18-12-4-3-11-9-14-16(19)6-2-1-5-15(16,7-8-17-14)13(11)10-12/h3-4,10,14,17-19H,1-2,5-9H2/t14?,15?,16-/m1/s1. The van der Waals surface area contributed by atoms with Crippen LogP contribution in [0.25, 0.3) is 0 Å². The summed E-state index contributed by atoms with van der Waals surface area (Å²) >= 11 is 0. The number of hydrogen-bond acceptors (Lipinski definition) is 3. The van der Waals surface area contributed by atoms with Gasteiger partial charge in [-0.25, -0.2) is 0 Å². The summed E-state index contributed by atoms with van der Waals surface area (Å²) in [7, 11) is 0. The van der Waals surface area contributed by atoms with Crippen LogP contribution in [-0.4, -0.2) is 28.4 Å². The normalized spacial score (nSPS) is 40.4. The molecule has 2 bridgehead atoms. The highest BCUT2D eigenvalue weighted by molar-refractivity contribution is 5.47. The number of fused-ring (bicyclic) bond motifs is 1. The molecule has 0 aromatic heterocycles. The van der Waals surface area contributed by atoms with Crippen LogP contribution in [0.5, 0.6) is 5.75 Å². The van der Waals surface area contributed by atoms with Crippen LogP contribution < -0.4 is 5.32 Å². The van der Waals surface area contributed by atoms with Gasteiger partial charge in [0, 0.05) is 11.5 Å². The summed E-state index contributed by atoms with van der Waals surface area (Å²) in [6.45, 7) is 0.974. The smallest absolute Gasteiger partial charge is 0.115 e. The summed E-state index contributed by atoms with van der Waals surface area (Å²) in [5.41, 5.74) is 1.77. The van der Waals surface area contributed by atoms with Crippen molar-refractivity contribution >= 4 is 0 Å². The Morgan fingerprint density at radius 3 is 2.89 bits per heavy atom. The van der Waals surface area contributed by atoms with Crippen molar-refractivity contribution in [3.8, 4) is 5.75 Å². The van der Waals surface area contributed by atoms with Crippen molar-refractivity contribution in [3.63, 3.8) is 0 Å². The van der Waals surface area contributed by atoms with Gasteiger partial charge >= 0.3 is 0 Å². The molecule has 2 unspecified atom stereocenters. The van der Waals surface area contributed by atoms with Crippen LogP contribution in [-0.2, 0) is 11.8 Å². The molecular formula is C16H21NO2. The molecule has 3 N–H and O–H groups in total. The first-order valence-corrected chi connectivity index (χ1v) is 7.44. The Balaban J connectivity index is 1.97. The Labute approximate surface area is 113 Å². The number of phenols is 1. The number of phenolic OH excluding ortho intramolecular Hbond substituents is 1. The minimum absolute atomic E-state index is 0.131. The Bertz CT molecular complexity index is 525. The molecule has 3 nitrogen and oxygen atoms in total. The van der Waals surface area contributed by atoms with Gasteiger partial charge < -0.3 is 15.5 Å². The zero-order valence-corrected chi connectivity index (χ0v) is 11.2. The molecule has 4 rings (SSSR count). The van der Waals surface area contributed by atoms with Crippen LogP contribution in [0.4, 0.5) is 0 Å². The second-order valence-corrected chi connectivity index (χ2v) is 6.52.